The monoisotopic (exact) mass is 1520 g/mol. The first-order chi connectivity index (χ1) is 53.6. The van der Waals surface area contributed by atoms with Crippen molar-refractivity contribution < 1.29 is 36.4 Å². The van der Waals surface area contributed by atoms with E-state index in [0.29, 0.717) is 5.56 Å². The van der Waals surface area contributed by atoms with Crippen LogP contribution in [-0.4, -0.2) is 54.5 Å². The van der Waals surface area contributed by atoms with Crippen LogP contribution in [0.4, 0.5) is 0 Å². The van der Waals surface area contributed by atoms with E-state index in [9.17, 15) is 9.90 Å². The molecule has 1 fully saturated rings. The van der Waals surface area contributed by atoms with Gasteiger partial charge in [0.2, 0.25) is 0 Å². The Morgan fingerprint density at radius 1 is 0.304 bits per heavy atom. The molecule has 18 aromatic rings. The fraction of sp³-hybridized carbons (Fsp3) is 0.0755. The van der Waals surface area contributed by atoms with E-state index in [0.717, 1.165) is 74.1 Å². The molecule has 0 radical (unpaired) electrons. The van der Waals surface area contributed by atoms with Crippen LogP contribution < -0.4 is 17.0 Å². The van der Waals surface area contributed by atoms with E-state index < -0.39 is 5.60 Å². The van der Waals surface area contributed by atoms with Crippen molar-refractivity contribution in [1.82, 2.24) is 0 Å². The van der Waals surface area contributed by atoms with E-state index in [2.05, 4.69) is 346 Å². The maximum Gasteiger partial charge on any atom is 2.00 e. The van der Waals surface area contributed by atoms with Crippen molar-refractivity contribution in [1.29, 1.82) is 0 Å². The van der Waals surface area contributed by atoms with Crippen molar-refractivity contribution >= 4 is 93.7 Å². The zero-order valence-corrected chi connectivity index (χ0v) is 66.1. The van der Waals surface area contributed by atoms with Gasteiger partial charge in [-0.1, -0.05) is 328 Å². The number of rotatable bonds is 10. The molecule has 0 saturated carbocycles. The Balaban J connectivity index is 0.000000155. The summed E-state index contributed by atoms with van der Waals surface area (Å²) in [4.78, 5) is 13.6. The first-order valence-electron chi connectivity index (χ1n) is 37.8. The van der Waals surface area contributed by atoms with Crippen LogP contribution in [0.2, 0.25) is 0 Å². The maximum absolute atomic E-state index is 13.6. The molecule has 536 valence electrons. The van der Waals surface area contributed by atoms with Gasteiger partial charge in [-0.05, 0) is 255 Å². The van der Waals surface area contributed by atoms with Gasteiger partial charge in [-0.2, -0.15) is 0 Å². The topological polar surface area (TPSA) is 55.8 Å². The molecule has 1 N–H and O–H groups in total. The van der Waals surface area contributed by atoms with Crippen LogP contribution >= 0.6 is 0 Å². The second-order valence-corrected chi connectivity index (χ2v) is 29.3. The van der Waals surface area contributed by atoms with Gasteiger partial charge in [0.15, 0.2) is 0 Å². The smallest absolute Gasteiger partial charge is 1.00 e. The van der Waals surface area contributed by atoms with Crippen molar-refractivity contribution in [3.05, 3.63) is 370 Å². The summed E-state index contributed by atoms with van der Waals surface area (Å²) in [6.07, 6.45) is 2.56. The third-order valence-electron chi connectivity index (χ3n) is 22.5. The van der Waals surface area contributed by atoms with Crippen LogP contribution in [0.3, 0.4) is 0 Å². The van der Waals surface area contributed by atoms with Crippen LogP contribution in [0.5, 0.6) is 0 Å². The van der Waals surface area contributed by atoms with E-state index in [1.54, 1.807) is 0 Å². The summed E-state index contributed by atoms with van der Waals surface area (Å²) < 4.78 is 10.4. The van der Waals surface area contributed by atoms with Crippen molar-refractivity contribution in [2.75, 3.05) is 20.3 Å². The summed E-state index contributed by atoms with van der Waals surface area (Å²) in [5.74, 6) is -0.354. The number of benzene rings is 18. The molecule has 3 aliphatic rings. The first kappa shape index (κ1) is 74.3. The minimum atomic E-state index is -1.06. The van der Waals surface area contributed by atoms with Gasteiger partial charge in [-0.3, -0.25) is 0 Å². The Labute approximate surface area is 681 Å². The maximum atomic E-state index is 13.6. The van der Waals surface area contributed by atoms with Crippen LogP contribution in [0, 0.1) is 7.43 Å². The van der Waals surface area contributed by atoms with Gasteiger partial charge in [0.1, 0.15) is 0 Å². The predicted molar refractivity (Wildman–Crippen MR) is 469 cm³/mol. The quantitative estimate of drug-likeness (QED) is 0.0842. The summed E-state index contributed by atoms with van der Waals surface area (Å²) in [5, 5.41) is 26.3. The molecule has 112 heavy (non-hydrogen) atoms. The fourth-order valence-corrected chi connectivity index (χ4v) is 17.6. The SMILES string of the molecule is C1CCOC1.CC(C)(O)c1cc(-c2ccc3ccccc3c2)ccc1-c1ccc2c3c(cccc13)-c1c-2c(-c2ccccc2)c2ccccc2c1-c1ccccc1.COC(=O)c1cc(-c2ccc3ccccc3c2)ccc1-c1ccc2c3c(cccc13)-c1c-2c(-c2ccccc2)c2ccccc2c1-c1ccccc1.[Br-].[CH3-].[Mg+2]. The molecule has 1 heterocycles. The van der Waals surface area contributed by atoms with E-state index in [4.69, 9.17) is 9.47 Å². The Morgan fingerprint density at radius 2 is 0.607 bits per heavy atom. The molecule has 0 unspecified atom stereocenters. The summed E-state index contributed by atoms with van der Waals surface area (Å²) in [6, 6.07) is 126. The van der Waals surface area contributed by atoms with E-state index in [1.807, 2.05) is 19.9 Å². The number of aliphatic hydroxyl groups is 1. The molecule has 4 nitrogen and oxygen atoms in total. The summed E-state index contributed by atoms with van der Waals surface area (Å²) in [7, 11) is 1.46. The largest absolute Gasteiger partial charge is 2.00 e. The number of fused-ring (bicyclic) bond motifs is 10. The second kappa shape index (κ2) is 31.1. The molecule has 6 heteroatoms. The third kappa shape index (κ3) is 13.0. The summed E-state index contributed by atoms with van der Waals surface area (Å²) in [5.41, 5.74) is 28.5. The van der Waals surface area contributed by atoms with Gasteiger partial charge in [-0.15, -0.1) is 0 Å². The van der Waals surface area contributed by atoms with Gasteiger partial charge < -0.3 is 39.0 Å². The molecule has 2 aliphatic carbocycles. The van der Waals surface area contributed by atoms with Crippen LogP contribution in [0.25, 0.3) is 198 Å². The number of carbonyl (C=O) groups excluding carboxylic acids is 1. The normalized spacial score (nSPS) is 12.1. The standard InChI is InChI=1S/C51H36O.C50H32O2.C4H8O.CH3.BrH.Mg/c1-51(2,52)45-31-37(36-25-24-32-14-9-10-19-35(32)30-36)26-27-39(45)38-28-29-44-48-40(38)22-13-23-43(48)49-46(33-15-5-3-6-16-33)41-20-11-12-21-42(41)47(50(44)49)34-17-7-4-8-18-34;1-52-50(51)44-30-36(35-24-23-31-13-8-9-18-34(31)29-35)25-26-38(44)37-27-28-43-47-39(37)21-12-22-42(47)48-45(32-14-4-2-5-15-32)40-19-10-11-20-41(40)46(49(43)48)33-16-6-3-7-17-33;1-2-4-5-3-1;;;/h3-31,52H,1-2H3;2-30H,1H3;1-4H2;1H3;1H;/q;;;-1;;+2/p-1. The number of esters is 1. The summed E-state index contributed by atoms with van der Waals surface area (Å²) >= 11 is 0. The number of methoxy groups -OCH3 is 1. The van der Waals surface area contributed by atoms with Crippen molar-refractivity contribution in [3.63, 3.8) is 0 Å². The van der Waals surface area contributed by atoms with E-state index in [1.165, 1.54) is 163 Å². The molecule has 21 rings (SSSR count). The fourth-order valence-electron chi connectivity index (χ4n) is 17.6. The van der Waals surface area contributed by atoms with Gasteiger partial charge in [0.25, 0.3) is 0 Å². The van der Waals surface area contributed by atoms with E-state index >= 15 is 0 Å². The second-order valence-electron chi connectivity index (χ2n) is 29.3. The molecule has 0 bridgehead atoms. The molecule has 0 aromatic heterocycles. The third-order valence-corrected chi connectivity index (χ3v) is 22.5. The van der Waals surface area contributed by atoms with E-state index in [-0.39, 0.29) is 53.4 Å². The molecule has 0 atom stereocenters. The predicted octanol–water partition coefficient (Wildman–Crippen LogP) is 24.8. The van der Waals surface area contributed by atoms with Crippen molar-refractivity contribution in [3.8, 4) is 134 Å². The molecule has 0 amide bonds. The van der Waals surface area contributed by atoms with Crippen LogP contribution in [0.1, 0.15) is 42.6 Å². The molecule has 0 spiro atoms. The van der Waals surface area contributed by atoms with Crippen LogP contribution in [-0.2, 0) is 15.1 Å². The number of carbonyl (C=O) groups is 1. The van der Waals surface area contributed by atoms with Gasteiger partial charge in [0, 0.05) is 13.2 Å². The minimum absolute atomic E-state index is 0. The van der Waals surface area contributed by atoms with Gasteiger partial charge >= 0.3 is 29.0 Å². The Morgan fingerprint density at radius 3 is 0.982 bits per heavy atom. The number of ether oxygens (including phenoxy) is 2. The van der Waals surface area contributed by atoms with Crippen molar-refractivity contribution in [2.24, 2.45) is 0 Å². The van der Waals surface area contributed by atoms with Gasteiger partial charge in [-0.25, -0.2) is 4.79 Å². The molecular weight excluding hydrogens is 1440 g/mol. The molecule has 18 aromatic carbocycles. The first-order valence-corrected chi connectivity index (χ1v) is 37.8. The number of halogens is 1. The summed E-state index contributed by atoms with van der Waals surface area (Å²) in [6.45, 7) is 5.80. The Hall–Kier alpha value is -11.8. The number of hydrogen-bond donors (Lipinski definition) is 1. The molecule has 1 saturated heterocycles. The van der Waals surface area contributed by atoms with Crippen LogP contribution in [0.15, 0.2) is 352 Å². The minimum Gasteiger partial charge on any atom is -1.00 e. The van der Waals surface area contributed by atoms with Crippen molar-refractivity contribution in [2.45, 2.75) is 32.3 Å². The average Bonchev–Trinajstić information content (AvgIpc) is 1.54. The van der Waals surface area contributed by atoms with Gasteiger partial charge in [0.05, 0.1) is 18.3 Å². The zero-order chi connectivity index (χ0) is 73.3. The molecular formula is C106H79BrMgO4. The molecule has 1 aliphatic heterocycles. The number of hydrogen-bond acceptors (Lipinski definition) is 4. The Kier molecular flexibility index (Phi) is 20.6. The average molecular weight is 1520 g/mol. The Bertz CT molecular complexity index is 6470. The zero-order valence-electron chi connectivity index (χ0n) is 63.1.